The van der Waals surface area contributed by atoms with Crippen LogP contribution in [0.3, 0.4) is 0 Å². The van der Waals surface area contributed by atoms with Gasteiger partial charge in [-0.1, -0.05) is 75.7 Å². The summed E-state index contributed by atoms with van der Waals surface area (Å²) in [6.07, 6.45) is 2.47. The number of unbranched alkanes of at least 4 members (excludes halogenated alkanes) is 1. The second-order valence-corrected chi connectivity index (χ2v) is 9.60. The maximum Gasteiger partial charge on any atom is 0.169 e. The Balaban J connectivity index is 1.86. The van der Waals surface area contributed by atoms with Crippen molar-refractivity contribution in [1.29, 1.82) is 0 Å². The number of hydrogen-bond donors (Lipinski definition) is 0. The molecule has 0 N–H and O–H groups in total. The molecular formula is C28H31N3S. The molecule has 32 heavy (non-hydrogen) atoms. The Kier molecular flexibility index (Phi) is 7.11. The summed E-state index contributed by atoms with van der Waals surface area (Å²) in [5.41, 5.74) is 5.80. The molecule has 0 fully saturated rings. The molecule has 1 aromatic heterocycles. The van der Waals surface area contributed by atoms with Crippen molar-refractivity contribution in [2.45, 2.75) is 51.3 Å². The van der Waals surface area contributed by atoms with Crippen molar-refractivity contribution in [2.75, 3.05) is 5.75 Å². The maximum atomic E-state index is 4.71. The topological polar surface area (TPSA) is 30.7 Å². The maximum absolute atomic E-state index is 4.71. The van der Waals surface area contributed by atoms with Crippen molar-refractivity contribution in [3.05, 3.63) is 83.9 Å². The fourth-order valence-corrected chi connectivity index (χ4v) is 4.93. The molecule has 3 nitrogen and oxygen atoms in total. The number of aryl methyl sites for hydroxylation is 1. The minimum absolute atomic E-state index is 0.399. The summed E-state index contributed by atoms with van der Waals surface area (Å²) in [7, 11) is 0. The van der Waals surface area contributed by atoms with Crippen LogP contribution >= 0.6 is 11.8 Å². The highest BCUT2D eigenvalue weighted by Gasteiger charge is 2.20. The van der Waals surface area contributed by atoms with Crippen LogP contribution in [-0.4, -0.2) is 20.5 Å². The molecule has 0 aliphatic carbocycles. The van der Waals surface area contributed by atoms with Crippen LogP contribution in [0.2, 0.25) is 0 Å². The minimum Gasteiger partial charge on any atom is -0.275 e. The summed E-state index contributed by atoms with van der Waals surface area (Å²) in [6, 6.07) is 25.8. The molecular weight excluding hydrogens is 410 g/mol. The molecule has 0 aliphatic heterocycles. The number of aromatic nitrogens is 3. The smallest absolute Gasteiger partial charge is 0.169 e. The Morgan fingerprint density at radius 3 is 2.09 bits per heavy atom. The number of benzene rings is 3. The third-order valence-electron chi connectivity index (χ3n) is 5.73. The number of rotatable bonds is 8. The van der Waals surface area contributed by atoms with Crippen LogP contribution in [0.1, 0.15) is 50.7 Å². The lowest BCUT2D eigenvalue weighted by Gasteiger charge is -2.16. The Labute approximate surface area is 195 Å². The largest absolute Gasteiger partial charge is 0.275 e. The average Bonchev–Trinajstić information content (AvgIpc) is 3.24. The second kappa shape index (κ2) is 10.2. The summed E-state index contributed by atoms with van der Waals surface area (Å²) in [4.78, 5) is 1.30. The van der Waals surface area contributed by atoms with Gasteiger partial charge in [0.1, 0.15) is 0 Å². The normalized spacial score (nSPS) is 11.3. The average molecular weight is 442 g/mol. The van der Waals surface area contributed by atoms with Crippen LogP contribution in [0, 0.1) is 6.92 Å². The molecule has 0 amide bonds. The molecule has 0 radical (unpaired) electrons. The molecule has 0 saturated heterocycles. The quantitative estimate of drug-likeness (QED) is 0.205. The predicted octanol–water partition coefficient (Wildman–Crippen LogP) is 7.93. The van der Waals surface area contributed by atoms with E-state index in [2.05, 4.69) is 105 Å². The summed E-state index contributed by atoms with van der Waals surface area (Å²) in [5.74, 6) is 3.32. The van der Waals surface area contributed by atoms with Crippen LogP contribution < -0.4 is 0 Å². The highest BCUT2D eigenvalue weighted by molar-refractivity contribution is 7.99. The van der Waals surface area contributed by atoms with Crippen LogP contribution in [0.15, 0.2) is 77.7 Å². The second-order valence-electron chi connectivity index (χ2n) is 8.44. The van der Waals surface area contributed by atoms with E-state index in [1.807, 2.05) is 11.8 Å². The molecule has 0 saturated carbocycles. The molecule has 4 aromatic rings. The number of thioether (sulfide) groups is 1. The van der Waals surface area contributed by atoms with Crippen LogP contribution in [0.4, 0.5) is 0 Å². The molecule has 0 unspecified atom stereocenters. The van der Waals surface area contributed by atoms with Gasteiger partial charge in [0.15, 0.2) is 11.6 Å². The molecule has 1 heterocycles. The molecule has 0 atom stereocenters. The molecule has 0 aliphatic rings. The molecule has 0 bridgehead atoms. The molecule has 0 spiro atoms. The first-order valence-corrected chi connectivity index (χ1v) is 12.4. The van der Waals surface area contributed by atoms with E-state index in [9.17, 15) is 0 Å². The van der Waals surface area contributed by atoms with Gasteiger partial charge in [-0.05, 0) is 60.4 Å². The van der Waals surface area contributed by atoms with Crippen molar-refractivity contribution in [2.24, 2.45) is 0 Å². The standard InChI is InChI=1S/C28H31N3S/c1-5-6-19-32-23-17-15-22(16-18-23)31-27(25-13-8-7-11-21(25)4)29-30-28(31)26-14-10-9-12-24(26)20(2)3/h7-18,20H,5-6,19H2,1-4H3. The van der Waals surface area contributed by atoms with Gasteiger partial charge in [-0.3, -0.25) is 4.57 Å². The monoisotopic (exact) mass is 441 g/mol. The zero-order valence-electron chi connectivity index (χ0n) is 19.4. The van der Waals surface area contributed by atoms with Gasteiger partial charge >= 0.3 is 0 Å². The molecule has 3 aromatic carbocycles. The van der Waals surface area contributed by atoms with Gasteiger partial charge in [0, 0.05) is 21.7 Å². The van der Waals surface area contributed by atoms with Crippen LogP contribution in [0.25, 0.3) is 28.5 Å². The minimum atomic E-state index is 0.399. The molecule has 4 heteroatoms. The summed E-state index contributed by atoms with van der Waals surface area (Å²) in [5, 5.41) is 9.41. The van der Waals surface area contributed by atoms with E-state index in [1.54, 1.807) is 0 Å². The number of nitrogens with zero attached hydrogens (tertiary/aromatic N) is 3. The van der Waals surface area contributed by atoms with Crippen molar-refractivity contribution >= 4 is 11.8 Å². The Morgan fingerprint density at radius 2 is 1.44 bits per heavy atom. The fraction of sp³-hybridized carbons (Fsp3) is 0.286. The van der Waals surface area contributed by atoms with Crippen molar-refractivity contribution in [3.63, 3.8) is 0 Å². The Morgan fingerprint density at radius 1 is 0.812 bits per heavy atom. The zero-order valence-corrected chi connectivity index (χ0v) is 20.2. The van der Waals surface area contributed by atoms with Gasteiger partial charge in [-0.25, -0.2) is 0 Å². The van der Waals surface area contributed by atoms with Crippen molar-refractivity contribution in [3.8, 4) is 28.5 Å². The van der Waals surface area contributed by atoms with E-state index in [1.165, 1.54) is 28.9 Å². The van der Waals surface area contributed by atoms with E-state index < -0.39 is 0 Å². The van der Waals surface area contributed by atoms with Crippen molar-refractivity contribution < 1.29 is 0 Å². The highest BCUT2D eigenvalue weighted by atomic mass is 32.2. The first-order valence-electron chi connectivity index (χ1n) is 11.4. The zero-order chi connectivity index (χ0) is 22.5. The highest BCUT2D eigenvalue weighted by Crippen LogP contribution is 2.34. The molecule has 4 rings (SSSR count). The first-order chi connectivity index (χ1) is 15.6. The van der Waals surface area contributed by atoms with Crippen LogP contribution in [0.5, 0.6) is 0 Å². The summed E-state index contributed by atoms with van der Waals surface area (Å²) < 4.78 is 2.21. The Hall–Kier alpha value is -2.85. The third kappa shape index (κ3) is 4.66. The number of hydrogen-bond acceptors (Lipinski definition) is 3. The van der Waals surface area contributed by atoms with Crippen LogP contribution in [-0.2, 0) is 0 Å². The summed E-state index contributed by atoms with van der Waals surface area (Å²) >= 11 is 1.92. The van der Waals surface area contributed by atoms with E-state index in [4.69, 9.17) is 10.2 Å². The summed E-state index contributed by atoms with van der Waals surface area (Å²) in [6.45, 7) is 8.82. The molecule has 164 valence electrons. The van der Waals surface area contributed by atoms with Gasteiger partial charge in [0.25, 0.3) is 0 Å². The van der Waals surface area contributed by atoms with Gasteiger partial charge in [0.2, 0.25) is 0 Å². The van der Waals surface area contributed by atoms with E-state index in [0.29, 0.717) is 5.92 Å². The fourth-order valence-electron chi connectivity index (χ4n) is 3.93. The van der Waals surface area contributed by atoms with Gasteiger partial charge in [-0.15, -0.1) is 22.0 Å². The van der Waals surface area contributed by atoms with Gasteiger partial charge in [0.05, 0.1) is 0 Å². The SMILES string of the molecule is CCCCSc1ccc(-n2c(-c3ccccc3C)nnc2-c2ccccc2C(C)C)cc1. The van der Waals surface area contributed by atoms with E-state index >= 15 is 0 Å². The van der Waals surface area contributed by atoms with Gasteiger partial charge < -0.3 is 0 Å². The van der Waals surface area contributed by atoms with Crippen molar-refractivity contribution in [1.82, 2.24) is 14.8 Å². The lowest BCUT2D eigenvalue weighted by Crippen LogP contribution is -2.03. The Bertz CT molecular complexity index is 1180. The predicted molar refractivity (Wildman–Crippen MR) is 137 cm³/mol. The third-order valence-corrected chi connectivity index (χ3v) is 6.83. The van der Waals surface area contributed by atoms with E-state index in [0.717, 1.165) is 34.2 Å². The lowest BCUT2D eigenvalue weighted by molar-refractivity contribution is 0.864. The first kappa shape index (κ1) is 22.3. The van der Waals surface area contributed by atoms with E-state index in [-0.39, 0.29) is 0 Å². The van der Waals surface area contributed by atoms with Gasteiger partial charge in [-0.2, -0.15) is 0 Å². The lowest BCUT2D eigenvalue weighted by atomic mass is 9.96.